The van der Waals surface area contributed by atoms with Crippen LogP contribution in [0.1, 0.15) is 21.9 Å². The second-order valence-electron chi connectivity index (χ2n) is 5.23. The maximum Gasteiger partial charge on any atom is 0.374 e. The Balaban J connectivity index is 1.63. The molecule has 0 aliphatic carbocycles. The van der Waals surface area contributed by atoms with Crippen LogP contribution in [-0.2, 0) is 24.1 Å². The van der Waals surface area contributed by atoms with Crippen LogP contribution in [0.25, 0.3) is 0 Å². The van der Waals surface area contributed by atoms with Crippen molar-refractivity contribution >= 4 is 29.3 Å². The van der Waals surface area contributed by atoms with Crippen molar-refractivity contribution in [1.29, 1.82) is 0 Å². The van der Waals surface area contributed by atoms with Crippen LogP contribution in [-0.4, -0.2) is 27.8 Å². The summed E-state index contributed by atoms with van der Waals surface area (Å²) in [6.07, 6.45) is 1.46. The lowest BCUT2D eigenvalue weighted by molar-refractivity contribution is 0.0564. The van der Waals surface area contributed by atoms with Crippen molar-refractivity contribution in [2.75, 3.05) is 7.11 Å². The second-order valence-corrected chi connectivity index (χ2v) is 6.58. The van der Waals surface area contributed by atoms with E-state index in [4.69, 9.17) is 25.5 Å². The van der Waals surface area contributed by atoms with Crippen LogP contribution in [0.5, 0.6) is 5.75 Å². The fourth-order valence-electron chi connectivity index (χ4n) is 2.16. The van der Waals surface area contributed by atoms with E-state index in [0.717, 1.165) is 5.56 Å². The lowest BCUT2D eigenvalue weighted by Gasteiger charge is -2.07. The Morgan fingerprint density at radius 1 is 1.31 bits per heavy atom. The van der Waals surface area contributed by atoms with Crippen molar-refractivity contribution in [2.45, 2.75) is 17.5 Å². The molecule has 3 rings (SSSR count). The number of benzene rings is 1. The highest BCUT2D eigenvalue weighted by Crippen LogP contribution is 2.26. The largest absolute Gasteiger partial charge is 0.484 e. The Bertz CT molecular complexity index is 909. The van der Waals surface area contributed by atoms with Gasteiger partial charge in [0.1, 0.15) is 12.4 Å². The number of esters is 1. The summed E-state index contributed by atoms with van der Waals surface area (Å²) >= 11 is 7.51. The van der Waals surface area contributed by atoms with E-state index >= 15 is 0 Å². The summed E-state index contributed by atoms with van der Waals surface area (Å²) in [5.41, 5.74) is 0.735. The number of halogens is 1. The molecule has 1 aromatic carbocycles. The number of hydrogen-bond donors (Lipinski definition) is 0. The van der Waals surface area contributed by atoms with Crippen LogP contribution in [0.4, 0.5) is 0 Å². The van der Waals surface area contributed by atoms with E-state index in [1.165, 1.54) is 25.1 Å². The van der Waals surface area contributed by atoms with Crippen LogP contribution < -0.4 is 4.74 Å². The summed E-state index contributed by atoms with van der Waals surface area (Å²) in [7, 11) is 3.17. The molecular formula is C17H16ClN3O4S. The summed E-state index contributed by atoms with van der Waals surface area (Å²) in [4.78, 5) is 11.6. The van der Waals surface area contributed by atoms with E-state index < -0.39 is 5.97 Å². The van der Waals surface area contributed by atoms with Crippen molar-refractivity contribution in [2.24, 2.45) is 7.05 Å². The van der Waals surface area contributed by atoms with Crippen LogP contribution in [0, 0.1) is 0 Å². The lowest BCUT2D eigenvalue weighted by Crippen LogP contribution is -2.05. The first-order chi connectivity index (χ1) is 12.6. The van der Waals surface area contributed by atoms with Crippen LogP contribution in [0.3, 0.4) is 0 Å². The molecule has 26 heavy (non-hydrogen) atoms. The maximum absolute atomic E-state index is 11.6. The van der Waals surface area contributed by atoms with E-state index in [-0.39, 0.29) is 12.4 Å². The van der Waals surface area contributed by atoms with Gasteiger partial charge in [0, 0.05) is 18.4 Å². The molecule has 0 bridgehead atoms. The molecular weight excluding hydrogens is 378 g/mol. The van der Waals surface area contributed by atoms with Crippen molar-refractivity contribution in [3.8, 4) is 5.75 Å². The molecule has 0 radical (unpaired) electrons. The minimum Gasteiger partial charge on any atom is -0.484 e. The molecule has 0 aliphatic rings. The number of thioether (sulfide) groups is 1. The van der Waals surface area contributed by atoms with Crippen LogP contribution in [0.15, 0.2) is 46.2 Å². The zero-order chi connectivity index (χ0) is 18.5. The lowest BCUT2D eigenvalue weighted by atomic mass is 10.3. The van der Waals surface area contributed by atoms with Gasteiger partial charge in [0.2, 0.25) is 5.76 Å². The summed E-state index contributed by atoms with van der Waals surface area (Å²) in [6, 6.07) is 8.98. The number of carbonyl (C=O) groups is 1. The molecule has 0 saturated carbocycles. The minimum absolute atomic E-state index is 0.199. The highest BCUT2D eigenvalue weighted by atomic mass is 35.5. The van der Waals surface area contributed by atoms with Gasteiger partial charge in [-0.1, -0.05) is 35.5 Å². The highest BCUT2D eigenvalue weighted by Gasteiger charge is 2.17. The molecule has 0 fully saturated rings. The minimum atomic E-state index is -0.502. The molecule has 0 spiro atoms. The fraction of sp³-hybridized carbons (Fsp3) is 0.235. The Kier molecular flexibility index (Phi) is 5.85. The van der Waals surface area contributed by atoms with Crippen molar-refractivity contribution in [3.05, 3.63) is 58.8 Å². The second kappa shape index (κ2) is 8.29. The van der Waals surface area contributed by atoms with Gasteiger partial charge in [-0.3, -0.25) is 0 Å². The molecule has 7 nitrogen and oxygen atoms in total. The summed E-state index contributed by atoms with van der Waals surface area (Å²) in [6.45, 7) is 0.243. The molecule has 0 N–H and O–H groups in total. The normalized spacial score (nSPS) is 10.7. The quantitative estimate of drug-likeness (QED) is 0.447. The van der Waals surface area contributed by atoms with Gasteiger partial charge in [-0.05, 0) is 18.2 Å². The number of furan rings is 1. The van der Waals surface area contributed by atoms with Gasteiger partial charge in [-0.25, -0.2) is 4.79 Å². The van der Waals surface area contributed by atoms with Gasteiger partial charge in [0.15, 0.2) is 11.0 Å². The first-order valence-electron chi connectivity index (χ1n) is 7.63. The SMILES string of the molecule is COC(=O)c1occc1CSc1nnc(COc2ccccc2Cl)n1C. The number of aromatic nitrogens is 3. The zero-order valence-electron chi connectivity index (χ0n) is 14.1. The molecule has 2 heterocycles. The first-order valence-corrected chi connectivity index (χ1v) is 8.99. The van der Waals surface area contributed by atoms with E-state index in [1.54, 1.807) is 18.2 Å². The fourth-order valence-corrected chi connectivity index (χ4v) is 3.26. The van der Waals surface area contributed by atoms with Gasteiger partial charge in [0.05, 0.1) is 18.4 Å². The zero-order valence-corrected chi connectivity index (χ0v) is 15.7. The van der Waals surface area contributed by atoms with Crippen molar-refractivity contribution in [3.63, 3.8) is 0 Å². The maximum atomic E-state index is 11.6. The van der Waals surface area contributed by atoms with Crippen LogP contribution in [0.2, 0.25) is 5.02 Å². The van der Waals surface area contributed by atoms with Crippen molar-refractivity contribution in [1.82, 2.24) is 14.8 Å². The predicted octanol–water partition coefficient (Wildman–Crippen LogP) is 3.72. The number of nitrogens with zero attached hydrogens (tertiary/aromatic N) is 3. The smallest absolute Gasteiger partial charge is 0.374 e. The number of ether oxygens (including phenoxy) is 2. The monoisotopic (exact) mass is 393 g/mol. The summed E-state index contributed by atoms with van der Waals surface area (Å²) in [5, 5.41) is 9.54. The van der Waals surface area contributed by atoms with Gasteiger partial charge in [-0.15, -0.1) is 10.2 Å². The van der Waals surface area contributed by atoms with Crippen LogP contribution >= 0.6 is 23.4 Å². The van der Waals surface area contributed by atoms with Gasteiger partial charge < -0.3 is 18.5 Å². The van der Waals surface area contributed by atoms with E-state index in [0.29, 0.717) is 27.5 Å². The Labute approximate surface area is 159 Å². The summed E-state index contributed by atoms with van der Waals surface area (Å²) in [5.74, 6) is 1.44. The third kappa shape index (κ3) is 4.03. The third-order valence-electron chi connectivity index (χ3n) is 3.59. The van der Waals surface area contributed by atoms with Crippen molar-refractivity contribution < 1.29 is 18.7 Å². The molecule has 136 valence electrons. The predicted molar refractivity (Wildman–Crippen MR) is 96.4 cm³/mol. The van der Waals surface area contributed by atoms with Gasteiger partial charge in [0.25, 0.3) is 0 Å². The van der Waals surface area contributed by atoms with E-state index in [2.05, 4.69) is 10.2 Å². The molecule has 9 heteroatoms. The Hall–Kier alpha value is -2.45. The Morgan fingerprint density at radius 3 is 2.88 bits per heavy atom. The molecule has 0 amide bonds. The highest BCUT2D eigenvalue weighted by molar-refractivity contribution is 7.98. The van der Waals surface area contributed by atoms with Gasteiger partial charge in [-0.2, -0.15) is 0 Å². The summed E-state index contributed by atoms with van der Waals surface area (Å²) < 4.78 is 17.4. The number of hydrogen-bond acceptors (Lipinski definition) is 7. The molecule has 0 atom stereocenters. The van der Waals surface area contributed by atoms with E-state index in [1.807, 2.05) is 23.7 Å². The van der Waals surface area contributed by atoms with E-state index in [9.17, 15) is 4.79 Å². The molecule has 0 unspecified atom stereocenters. The topological polar surface area (TPSA) is 79.4 Å². The third-order valence-corrected chi connectivity index (χ3v) is 4.97. The average molecular weight is 394 g/mol. The molecule has 0 saturated heterocycles. The Morgan fingerprint density at radius 2 is 2.12 bits per heavy atom. The number of para-hydroxylation sites is 1. The molecule has 0 aliphatic heterocycles. The number of methoxy groups -OCH3 is 1. The number of carbonyl (C=O) groups excluding carboxylic acids is 1. The van der Waals surface area contributed by atoms with Gasteiger partial charge >= 0.3 is 5.97 Å². The first kappa shape index (κ1) is 18.3. The molecule has 3 aromatic rings. The standard InChI is InChI=1S/C17H16ClN3O4S/c1-21-14(9-25-13-6-4-3-5-12(13)18)19-20-17(21)26-10-11-7-8-24-15(11)16(22)23-2/h3-8H,9-10H2,1-2H3. The average Bonchev–Trinajstić information content (AvgIpc) is 3.25. The molecule has 2 aromatic heterocycles. The number of rotatable bonds is 7.